The summed E-state index contributed by atoms with van der Waals surface area (Å²) >= 11 is 0. The summed E-state index contributed by atoms with van der Waals surface area (Å²) < 4.78 is 0. The molecule has 7 aromatic rings. The molecular formula is C60H50O2. The van der Waals surface area contributed by atoms with Crippen LogP contribution < -0.4 is 0 Å². The Balaban J connectivity index is 1.15. The Bertz CT molecular complexity index is 2710. The molecule has 7 aromatic carbocycles. The molecule has 2 N–H and O–H groups in total. The molecule has 2 atom stereocenters. The summed E-state index contributed by atoms with van der Waals surface area (Å²) in [6.45, 7) is 11.8. The van der Waals surface area contributed by atoms with E-state index in [4.69, 9.17) is 0 Å². The lowest BCUT2D eigenvalue weighted by molar-refractivity contribution is -0.0120. The molecule has 2 heteroatoms. The molecule has 0 bridgehead atoms. The minimum atomic E-state index is -1.54. The van der Waals surface area contributed by atoms with Crippen LogP contribution in [0.15, 0.2) is 182 Å². The first kappa shape index (κ1) is 42.8. The van der Waals surface area contributed by atoms with Gasteiger partial charge in [-0.1, -0.05) is 222 Å². The molecule has 7 rings (SSSR count). The number of hydrogen-bond donors (Lipinski definition) is 2. The summed E-state index contributed by atoms with van der Waals surface area (Å²) in [7, 11) is 0. The van der Waals surface area contributed by atoms with Crippen LogP contribution in [0.25, 0.3) is 22.3 Å². The fourth-order valence-electron chi connectivity index (χ4n) is 7.09. The summed E-state index contributed by atoms with van der Waals surface area (Å²) in [6.07, 6.45) is 0. The van der Waals surface area contributed by atoms with Gasteiger partial charge in [0.15, 0.2) is 11.2 Å². The molecule has 0 aromatic heterocycles. The molecule has 0 aliphatic carbocycles. The first-order valence-corrected chi connectivity index (χ1v) is 20.9. The third-order valence-corrected chi connectivity index (χ3v) is 11.2. The Labute approximate surface area is 368 Å². The maximum absolute atomic E-state index is 12.4. The fraction of sp³-hybridized carbons (Fsp3) is 0.167. The van der Waals surface area contributed by atoms with Gasteiger partial charge in [-0.3, -0.25) is 0 Å². The lowest BCUT2D eigenvalue weighted by Gasteiger charge is -2.38. The van der Waals surface area contributed by atoms with Gasteiger partial charge in [0.05, 0.1) is 0 Å². The van der Waals surface area contributed by atoms with E-state index in [9.17, 15) is 10.2 Å². The van der Waals surface area contributed by atoms with Gasteiger partial charge in [-0.05, 0) is 81.9 Å². The highest BCUT2D eigenvalue weighted by molar-refractivity contribution is 5.66. The molecule has 62 heavy (non-hydrogen) atoms. The molecule has 0 radical (unpaired) electrons. The smallest absolute Gasteiger partial charge is 0.156 e. The monoisotopic (exact) mass is 802 g/mol. The van der Waals surface area contributed by atoms with Gasteiger partial charge in [0, 0.05) is 44.2 Å². The van der Waals surface area contributed by atoms with Gasteiger partial charge in [-0.25, -0.2) is 0 Å². The van der Waals surface area contributed by atoms with Crippen molar-refractivity contribution in [3.05, 3.63) is 226 Å². The van der Waals surface area contributed by atoms with E-state index in [-0.39, 0.29) is 0 Å². The fourth-order valence-corrected chi connectivity index (χ4v) is 7.09. The molecule has 302 valence electrons. The Morgan fingerprint density at radius 1 is 0.290 bits per heavy atom. The van der Waals surface area contributed by atoms with Crippen molar-refractivity contribution >= 4 is 0 Å². The molecule has 0 aliphatic heterocycles. The van der Waals surface area contributed by atoms with Gasteiger partial charge in [0.25, 0.3) is 0 Å². The van der Waals surface area contributed by atoms with Crippen LogP contribution in [-0.4, -0.2) is 10.2 Å². The van der Waals surface area contributed by atoms with Crippen LogP contribution >= 0.6 is 0 Å². The van der Waals surface area contributed by atoms with E-state index in [0.717, 1.165) is 55.6 Å². The minimum absolute atomic E-state index is 0.616. The van der Waals surface area contributed by atoms with Gasteiger partial charge < -0.3 is 10.2 Å². The van der Waals surface area contributed by atoms with E-state index < -0.39 is 22.0 Å². The summed E-state index contributed by atoms with van der Waals surface area (Å²) in [5.41, 5.74) is 6.22. The largest absolute Gasteiger partial charge is 0.373 e. The Morgan fingerprint density at radius 3 is 0.871 bits per heavy atom. The van der Waals surface area contributed by atoms with Crippen LogP contribution in [0, 0.1) is 58.2 Å². The van der Waals surface area contributed by atoms with Crippen molar-refractivity contribution in [1.82, 2.24) is 0 Å². The third kappa shape index (κ3) is 9.67. The Kier molecular flexibility index (Phi) is 12.5. The van der Waals surface area contributed by atoms with Gasteiger partial charge in [0.2, 0.25) is 0 Å². The maximum Gasteiger partial charge on any atom is 0.156 e. The lowest BCUT2D eigenvalue weighted by atomic mass is 9.70. The quantitative estimate of drug-likeness (QED) is 0.174. The lowest BCUT2D eigenvalue weighted by Crippen LogP contribution is -2.40. The van der Waals surface area contributed by atoms with Crippen molar-refractivity contribution in [3.8, 4) is 69.6 Å². The first-order chi connectivity index (χ1) is 29.7. The molecule has 0 amide bonds. The van der Waals surface area contributed by atoms with Gasteiger partial charge >= 0.3 is 0 Å². The first-order valence-electron chi connectivity index (χ1n) is 20.9. The van der Waals surface area contributed by atoms with E-state index in [0.29, 0.717) is 11.1 Å². The van der Waals surface area contributed by atoms with E-state index in [1.165, 1.54) is 0 Å². The van der Waals surface area contributed by atoms with E-state index >= 15 is 0 Å². The zero-order valence-corrected chi connectivity index (χ0v) is 36.2. The normalized spacial score (nSPS) is 12.9. The van der Waals surface area contributed by atoms with Crippen molar-refractivity contribution < 1.29 is 10.2 Å². The molecular weight excluding hydrogens is 753 g/mol. The van der Waals surface area contributed by atoms with Crippen molar-refractivity contribution in [3.63, 3.8) is 0 Å². The van der Waals surface area contributed by atoms with Crippen LogP contribution in [0.1, 0.15) is 86.1 Å². The van der Waals surface area contributed by atoms with Crippen LogP contribution in [0.3, 0.4) is 0 Å². The molecule has 2 nitrogen and oxygen atoms in total. The molecule has 0 fully saturated rings. The van der Waals surface area contributed by atoms with Gasteiger partial charge in [-0.15, -0.1) is 0 Å². The van der Waals surface area contributed by atoms with Crippen LogP contribution in [0.5, 0.6) is 0 Å². The summed E-state index contributed by atoms with van der Waals surface area (Å²) in [5, 5.41) is 24.8. The van der Waals surface area contributed by atoms with Crippen molar-refractivity contribution in [1.29, 1.82) is 0 Å². The van der Waals surface area contributed by atoms with E-state index in [2.05, 4.69) is 95.9 Å². The van der Waals surface area contributed by atoms with Crippen molar-refractivity contribution in [2.24, 2.45) is 10.8 Å². The predicted octanol–water partition coefficient (Wildman–Crippen LogP) is 12.4. The number of rotatable bonds is 4. The average Bonchev–Trinajstić information content (AvgIpc) is 3.29. The third-order valence-electron chi connectivity index (χ3n) is 11.2. The molecule has 0 aliphatic rings. The SMILES string of the molecule is CC(C)(C)[C@](O)(C#Cc1ccccc1C#Cc1ccc(-c2ccccc2)cc1)c1ccc([C@@](O)(C#Cc2ccccc2C#Cc2ccc(-c3ccccc3)cc2)C(C)(C)C)cc1. The maximum atomic E-state index is 12.4. The zero-order valence-electron chi connectivity index (χ0n) is 36.2. The van der Waals surface area contributed by atoms with Gasteiger partial charge in [0.1, 0.15) is 0 Å². The van der Waals surface area contributed by atoms with Gasteiger partial charge in [-0.2, -0.15) is 0 Å². The van der Waals surface area contributed by atoms with E-state index in [1.54, 1.807) is 0 Å². The molecule has 0 spiro atoms. The summed E-state index contributed by atoms with van der Waals surface area (Å²) in [5.74, 6) is 26.3. The van der Waals surface area contributed by atoms with Crippen molar-refractivity contribution in [2.45, 2.75) is 52.7 Å². The van der Waals surface area contributed by atoms with Crippen LogP contribution in [0.4, 0.5) is 0 Å². The Hall–Kier alpha value is -7.30. The second kappa shape index (κ2) is 18.1. The topological polar surface area (TPSA) is 40.5 Å². The van der Waals surface area contributed by atoms with Crippen LogP contribution in [0.2, 0.25) is 0 Å². The number of benzene rings is 7. The zero-order chi connectivity index (χ0) is 43.8. The second-order valence-electron chi connectivity index (χ2n) is 17.5. The predicted molar refractivity (Wildman–Crippen MR) is 256 cm³/mol. The highest BCUT2D eigenvalue weighted by Gasteiger charge is 2.43. The number of aliphatic hydroxyl groups is 2. The molecule has 0 heterocycles. The Morgan fingerprint density at radius 2 is 0.565 bits per heavy atom. The standard InChI is InChI=1S/C60H50O2/c1-57(2,3)59(61,43-41-51-23-15-13-21-49(51)31-25-45-27-33-53(34-28-45)47-17-9-7-10-18-47)55-37-39-56(40-38-55)60(62,58(4,5)6)44-42-52-24-16-14-22-50(52)32-26-46-29-35-54(36-30-46)48-19-11-8-12-20-48/h7-24,27-30,33-40,61-62H,1-6H3/t59-,60-/m0/s1. The summed E-state index contributed by atoms with van der Waals surface area (Å²) in [4.78, 5) is 0. The molecule has 0 unspecified atom stereocenters. The van der Waals surface area contributed by atoms with Crippen LogP contribution in [-0.2, 0) is 11.2 Å². The molecule has 0 saturated heterocycles. The number of hydrogen-bond acceptors (Lipinski definition) is 2. The molecule has 0 saturated carbocycles. The highest BCUT2D eigenvalue weighted by Crippen LogP contribution is 2.42. The van der Waals surface area contributed by atoms with E-state index in [1.807, 2.05) is 175 Å². The van der Waals surface area contributed by atoms with Crippen molar-refractivity contribution in [2.75, 3.05) is 0 Å². The second-order valence-corrected chi connectivity index (χ2v) is 17.5. The average molecular weight is 803 g/mol. The highest BCUT2D eigenvalue weighted by atomic mass is 16.3. The summed E-state index contributed by atoms with van der Waals surface area (Å²) in [6, 6.07) is 59.9. The minimum Gasteiger partial charge on any atom is -0.373 e.